The number of fused-ring (bicyclic) bond motifs is 1. The van der Waals surface area contributed by atoms with Crippen LogP contribution in [0.1, 0.15) is 22.7 Å². The largest absolute Gasteiger partial charge is 0.408 e. The molecule has 0 saturated heterocycles. The monoisotopic (exact) mass is 229 g/mol. The smallest absolute Gasteiger partial charge is 0.291 e. The van der Waals surface area contributed by atoms with Gasteiger partial charge in [0.2, 0.25) is 0 Å². The second-order valence-electron chi connectivity index (χ2n) is 4.38. The summed E-state index contributed by atoms with van der Waals surface area (Å²) < 4.78 is 38.9. The maximum absolute atomic E-state index is 13.0. The predicted octanol–water partition coefficient (Wildman–Crippen LogP) is 3.09. The highest BCUT2D eigenvalue weighted by Crippen LogP contribution is 2.41. The average Bonchev–Trinajstić information content (AvgIpc) is 2.14. The molecule has 1 unspecified atom stereocenters. The Morgan fingerprint density at radius 3 is 2.62 bits per heavy atom. The standard InChI is InChI=1S/C12H14F3N/c1-8-3-4-9-5-6-16(2)11(10(9)7-8)12(13,14)15/h3-4,7,11H,5-6H2,1-2H3. The molecule has 0 spiro atoms. The molecule has 0 bridgehead atoms. The van der Waals surface area contributed by atoms with Crippen LogP contribution in [0.3, 0.4) is 0 Å². The van der Waals surface area contributed by atoms with Gasteiger partial charge in [0.05, 0.1) is 0 Å². The highest BCUT2D eigenvalue weighted by Gasteiger charge is 2.45. The Hall–Kier alpha value is -1.03. The van der Waals surface area contributed by atoms with Crippen molar-refractivity contribution in [1.82, 2.24) is 4.90 Å². The fourth-order valence-corrected chi connectivity index (χ4v) is 2.29. The summed E-state index contributed by atoms with van der Waals surface area (Å²) in [6.45, 7) is 2.28. The molecule has 0 radical (unpaired) electrons. The molecule has 0 fully saturated rings. The highest BCUT2D eigenvalue weighted by atomic mass is 19.4. The van der Waals surface area contributed by atoms with Crippen LogP contribution < -0.4 is 0 Å². The number of likely N-dealkylation sites (N-methyl/N-ethyl adjacent to an activating group) is 1. The molecule has 1 aromatic rings. The highest BCUT2D eigenvalue weighted by molar-refractivity contribution is 5.36. The van der Waals surface area contributed by atoms with Gasteiger partial charge in [0.1, 0.15) is 6.04 Å². The van der Waals surface area contributed by atoms with Crippen molar-refractivity contribution in [1.29, 1.82) is 0 Å². The van der Waals surface area contributed by atoms with Crippen LogP contribution in [0.4, 0.5) is 13.2 Å². The molecular formula is C12H14F3N. The Bertz CT molecular complexity index is 398. The second-order valence-corrected chi connectivity index (χ2v) is 4.38. The van der Waals surface area contributed by atoms with Crippen molar-refractivity contribution in [2.45, 2.75) is 25.6 Å². The Morgan fingerprint density at radius 1 is 1.31 bits per heavy atom. The molecule has 1 aliphatic rings. The maximum Gasteiger partial charge on any atom is 0.408 e. The number of aryl methyl sites for hydroxylation is 1. The minimum Gasteiger partial charge on any atom is -0.291 e. The molecule has 0 amide bonds. The van der Waals surface area contributed by atoms with Crippen LogP contribution in [0.5, 0.6) is 0 Å². The molecule has 88 valence electrons. The van der Waals surface area contributed by atoms with Gasteiger partial charge in [-0.2, -0.15) is 13.2 Å². The zero-order valence-corrected chi connectivity index (χ0v) is 9.30. The Kier molecular flexibility index (Phi) is 2.70. The van der Waals surface area contributed by atoms with E-state index in [0.717, 1.165) is 11.1 Å². The van der Waals surface area contributed by atoms with E-state index in [0.29, 0.717) is 18.5 Å². The van der Waals surface area contributed by atoms with Crippen molar-refractivity contribution >= 4 is 0 Å². The molecule has 1 aromatic carbocycles. The zero-order valence-electron chi connectivity index (χ0n) is 9.30. The van der Waals surface area contributed by atoms with Crippen LogP contribution in [0.2, 0.25) is 0 Å². The van der Waals surface area contributed by atoms with Crippen molar-refractivity contribution < 1.29 is 13.2 Å². The fourth-order valence-electron chi connectivity index (χ4n) is 2.29. The lowest BCUT2D eigenvalue weighted by Gasteiger charge is -2.35. The molecule has 0 aliphatic carbocycles. The van der Waals surface area contributed by atoms with E-state index in [9.17, 15) is 13.2 Å². The summed E-state index contributed by atoms with van der Waals surface area (Å²) in [6, 6.07) is 3.90. The molecule has 1 nitrogen and oxygen atoms in total. The summed E-state index contributed by atoms with van der Waals surface area (Å²) in [6.07, 6.45) is -3.50. The summed E-state index contributed by atoms with van der Waals surface area (Å²) in [4.78, 5) is 1.38. The van der Waals surface area contributed by atoms with Crippen LogP contribution in [0.25, 0.3) is 0 Å². The van der Waals surface area contributed by atoms with Crippen LogP contribution >= 0.6 is 0 Å². The first-order chi connectivity index (χ1) is 7.39. The summed E-state index contributed by atoms with van der Waals surface area (Å²) in [7, 11) is 1.53. The quantitative estimate of drug-likeness (QED) is 0.660. The van der Waals surface area contributed by atoms with E-state index in [4.69, 9.17) is 0 Å². The van der Waals surface area contributed by atoms with E-state index >= 15 is 0 Å². The van der Waals surface area contributed by atoms with Crippen LogP contribution in [0, 0.1) is 6.92 Å². The molecule has 0 saturated carbocycles. The van der Waals surface area contributed by atoms with E-state index in [-0.39, 0.29) is 0 Å². The maximum atomic E-state index is 13.0. The van der Waals surface area contributed by atoms with Gasteiger partial charge in [0.15, 0.2) is 0 Å². The first-order valence-corrected chi connectivity index (χ1v) is 5.26. The molecule has 0 aromatic heterocycles. The van der Waals surface area contributed by atoms with E-state index < -0.39 is 12.2 Å². The lowest BCUT2D eigenvalue weighted by atomic mass is 9.91. The molecule has 1 atom stereocenters. The fraction of sp³-hybridized carbons (Fsp3) is 0.500. The second kappa shape index (κ2) is 3.77. The Balaban J connectivity index is 2.51. The van der Waals surface area contributed by atoms with Crippen LogP contribution in [-0.2, 0) is 6.42 Å². The van der Waals surface area contributed by atoms with E-state index in [1.54, 1.807) is 6.07 Å². The van der Waals surface area contributed by atoms with Crippen LogP contribution in [-0.4, -0.2) is 24.7 Å². The lowest BCUT2D eigenvalue weighted by Crippen LogP contribution is -2.40. The molecular weight excluding hydrogens is 215 g/mol. The summed E-state index contributed by atoms with van der Waals surface area (Å²) >= 11 is 0. The first-order valence-electron chi connectivity index (χ1n) is 5.26. The molecule has 0 N–H and O–H groups in total. The molecule has 1 heterocycles. The van der Waals surface area contributed by atoms with E-state index in [1.807, 2.05) is 19.1 Å². The third-order valence-electron chi connectivity index (χ3n) is 3.08. The van der Waals surface area contributed by atoms with E-state index in [1.165, 1.54) is 11.9 Å². The summed E-state index contributed by atoms with van der Waals surface area (Å²) in [5.41, 5.74) is 2.12. The molecule has 1 aliphatic heterocycles. The number of halogens is 3. The molecule has 2 rings (SSSR count). The molecule has 16 heavy (non-hydrogen) atoms. The van der Waals surface area contributed by atoms with Crippen molar-refractivity contribution in [3.63, 3.8) is 0 Å². The van der Waals surface area contributed by atoms with Gasteiger partial charge < -0.3 is 0 Å². The number of alkyl halides is 3. The Labute approximate surface area is 92.9 Å². The van der Waals surface area contributed by atoms with Crippen molar-refractivity contribution in [3.05, 3.63) is 34.9 Å². The van der Waals surface area contributed by atoms with Gasteiger partial charge in [-0.05, 0) is 31.5 Å². The van der Waals surface area contributed by atoms with Gasteiger partial charge in [-0.3, -0.25) is 4.90 Å². The topological polar surface area (TPSA) is 3.24 Å². The number of rotatable bonds is 0. The molecule has 4 heteroatoms. The van der Waals surface area contributed by atoms with Gasteiger partial charge in [-0.1, -0.05) is 23.8 Å². The minimum atomic E-state index is -4.20. The number of hydrogen-bond donors (Lipinski definition) is 0. The average molecular weight is 229 g/mol. The lowest BCUT2D eigenvalue weighted by molar-refractivity contribution is -0.185. The van der Waals surface area contributed by atoms with Crippen LogP contribution in [0.15, 0.2) is 18.2 Å². The third-order valence-corrected chi connectivity index (χ3v) is 3.08. The van der Waals surface area contributed by atoms with Crippen molar-refractivity contribution in [2.24, 2.45) is 0 Å². The van der Waals surface area contributed by atoms with E-state index in [2.05, 4.69) is 0 Å². The SMILES string of the molecule is Cc1ccc2c(c1)C(C(F)(F)F)N(C)CC2. The number of nitrogens with zero attached hydrogens (tertiary/aromatic N) is 1. The Morgan fingerprint density at radius 2 is 2.00 bits per heavy atom. The van der Waals surface area contributed by atoms with Crippen molar-refractivity contribution in [2.75, 3.05) is 13.6 Å². The number of hydrogen-bond acceptors (Lipinski definition) is 1. The van der Waals surface area contributed by atoms with Gasteiger partial charge in [-0.25, -0.2) is 0 Å². The predicted molar refractivity (Wildman–Crippen MR) is 56.3 cm³/mol. The summed E-state index contributed by atoms with van der Waals surface area (Å²) in [5, 5.41) is 0. The van der Waals surface area contributed by atoms with Gasteiger partial charge >= 0.3 is 6.18 Å². The zero-order chi connectivity index (χ0) is 11.9. The first kappa shape index (κ1) is 11.5. The number of benzene rings is 1. The third kappa shape index (κ3) is 1.94. The van der Waals surface area contributed by atoms with Gasteiger partial charge in [-0.15, -0.1) is 0 Å². The van der Waals surface area contributed by atoms with Gasteiger partial charge in [0, 0.05) is 6.54 Å². The van der Waals surface area contributed by atoms with Crippen molar-refractivity contribution in [3.8, 4) is 0 Å². The van der Waals surface area contributed by atoms with Gasteiger partial charge in [0.25, 0.3) is 0 Å². The normalized spacial score (nSPS) is 21.9. The summed E-state index contributed by atoms with van der Waals surface area (Å²) in [5.74, 6) is 0. The minimum absolute atomic E-state index is 0.418.